The van der Waals surface area contributed by atoms with Gasteiger partial charge in [0.25, 0.3) is 5.91 Å². The number of amides is 3. The van der Waals surface area contributed by atoms with Crippen LogP contribution < -0.4 is 10.6 Å². The van der Waals surface area contributed by atoms with Crippen molar-refractivity contribution >= 4 is 11.9 Å². The van der Waals surface area contributed by atoms with Gasteiger partial charge in [0, 0.05) is 13.0 Å². The Morgan fingerprint density at radius 1 is 1.50 bits per heavy atom. The lowest BCUT2D eigenvalue weighted by molar-refractivity contribution is -0.127. The SMILES string of the molecule is COCOC[C@H]1CCC[C@]12NC(=O)NC2=O. The summed E-state index contributed by atoms with van der Waals surface area (Å²) >= 11 is 0. The molecular formula is C10H16N2O4. The van der Waals surface area contributed by atoms with Gasteiger partial charge in [-0.25, -0.2) is 4.79 Å². The second-order valence-corrected chi connectivity index (χ2v) is 4.25. The molecule has 6 heteroatoms. The fraction of sp³-hybridized carbons (Fsp3) is 0.800. The number of ether oxygens (including phenoxy) is 2. The molecule has 0 unspecified atom stereocenters. The maximum Gasteiger partial charge on any atom is 0.322 e. The summed E-state index contributed by atoms with van der Waals surface area (Å²) in [5.41, 5.74) is -0.745. The van der Waals surface area contributed by atoms with E-state index in [-0.39, 0.29) is 18.6 Å². The third kappa shape index (κ3) is 1.78. The minimum Gasteiger partial charge on any atom is -0.359 e. The van der Waals surface area contributed by atoms with Crippen LogP contribution in [0, 0.1) is 5.92 Å². The molecule has 1 aliphatic carbocycles. The van der Waals surface area contributed by atoms with Crippen molar-refractivity contribution in [3.63, 3.8) is 0 Å². The van der Waals surface area contributed by atoms with Gasteiger partial charge in [0.1, 0.15) is 12.3 Å². The van der Waals surface area contributed by atoms with E-state index < -0.39 is 11.6 Å². The van der Waals surface area contributed by atoms with Crippen LogP contribution in [-0.4, -0.2) is 38.0 Å². The number of methoxy groups -OCH3 is 1. The molecule has 2 fully saturated rings. The number of carbonyl (C=O) groups excluding carboxylic acids is 2. The molecule has 1 aliphatic heterocycles. The number of hydrogen-bond acceptors (Lipinski definition) is 4. The Labute approximate surface area is 93.7 Å². The van der Waals surface area contributed by atoms with Crippen molar-refractivity contribution in [1.29, 1.82) is 0 Å². The van der Waals surface area contributed by atoms with Crippen LogP contribution >= 0.6 is 0 Å². The number of nitrogens with one attached hydrogen (secondary N) is 2. The van der Waals surface area contributed by atoms with Crippen molar-refractivity contribution in [1.82, 2.24) is 10.6 Å². The van der Waals surface area contributed by atoms with Crippen molar-refractivity contribution in [3.8, 4) is 0 Å². The zero-order valence-corrected chi connectivity index (χ0v) is 9.25. The highest BCUT2D eigenvalue weighted by atomic mass is 16.7. The molecule has 0 aromatic heterocycles. The second kappa shape index (κ2) is 4.39. The van der Waals surface area contributed by atoms with Crippen molar-refractivity contribution in [2.45, 2.75) is 24.8 Å². The number of imide groups is 1. The molecule has 2 N–H and O–H groups in total. The summed E-state index contributed by atoms with van der Waals surface area (Å²) in [5, 5.41) is 5.03. The van der Waals surface area contributed by atoms with Crippen LogP contribution in [-0.2, 0) is 14.3 Å². The first-order chi connectivity index (χ1) is 7.69. The van der Waals surface area contributed by atoms with Gasteiger partial charge in [-0.3, -0.25) is 10.1 Å². The largest absolute Gasteiger partial charge is 0.359 e. The number of rotatable bonds is 4. The highest BCUT2D eigenvalue weighted by Crippen LogP contribution is 2.37. The van der Waals surface area contributed by atoms with Crippen LogP contribution in [0.5, 0.6) is 0 Å². The van der Waals surface area contributed by atoms with Crippen LogP contribution in [0.2, 0.25) is 0 Å². The maximum absolute atomic E-state index is 11.8. The maximum atomic E-state index is 11.8. The molecule has 90 valence electrons. The van der Waals surface area contributed by atoms with Crippen molar-refractivity contribution in [3.05, 3.63) is 0 Å². The first-order valence-electron chi connectivity index (χ1n) is 5.39. The van der Waals surface area contributed by atoms with E-state index in [0.29, 0.717) is 13.0 Å². The molecule has 1 spiro atoms. The van der Waals surface area contributed by atoms with Crippen molar-refractivity contribution < 1.29 is 19.1 Å². The quantitative estimate of drug-likeness (QED) is 0.403. The van der Waals surface area contributed by atoms with E-state index >= 15 is 0 Å². The van der Waals surface area contributed by atoms with E-state index in [1.807, 2.05) is 0 Å². The van der Waals surface area contributed by atoms with Gasteiger partial charge >= 0.3 is 6.03 Å². The van der Waals surface area contributed by atoms with E-state index in [2.05, 4.69) is 10.6 Å². The molecule has 0 bridgehead atoms. The van der Waals surface area contributed by atoms with E-state index in [0.717, 1.165) is 12.8 Å². The summed E-state index contributed by atoms with van der Waals surface area (Å²) in [7, 11) is 1.55. The molecule has 0 radical (unpaired) electrons. The van der Waals surface area contributed by atoms with Crippen molar-refractivity contribution in [2.75, 3.05) is 20.5 Å². The lowest BCUT2D eigenvalue weighted by atomic mass is 9.88. The lowest BCUT2D eigenvalue weighted by Crippen LogP contribution is -2.51. The Morgan fingerprint density at radius 2 is 2.31 bits per heavy atom. The molecule has 1 saturated carbocycles. The Balaban J connectivity index is 2.02. The second-order valence-electron chi connectivity index (χ2n) is 4.25. The number of hydrogen-bond donors (Lipinski definition) is 2. The van der Waals surface area contributed by atoms with Crippen LogP contribution in [0.15, 0.2) is 0 Å². The molecule has 6 nitrogen and oxygen atoms in total. The minimum absolute atomic E-state index is 0.0362. The standard InChI is InChI=1S/C10H16N2O4/c1-15-6-16-5-7-3-2-4-10(7)8(13)11-9(14)12-10/h7H,2-6H2,1H3,(H2,11,12,13,14)/t7-,10+/m1/s1. The Morgan fingerprint density at radius 3 is 2.94 bits per heavy atom. The highest BCUT2D eigenvalue weighted by molar-refractivity contribution is 6.07. The van der Waals surface area contributed by atoms with E-state index in [4.69, 9.17) is 9.47 Å². The summed E-state index contributed by atoms with van der Waals surface area (Å²) in [6.07, 6.45) is 2.50. The predicted octanol–water partition coefficient (Wildman–Crippen LogP) is -0.0148. The van der Waals surface area contributed by atoms with E-state index in [1.165, 1.54) is 0 Å². The topological polar surface area (TPSA) is 76.7 Å². The van der Waals surface area contributed by atoms with Gasteiger partial charge in [-0.05, 0) is 12.8 Å². The van der Waals surface area contributed by atoms with Crippen LogP contribution in [0.25, 0.3) is 0 Å². The fourth-order valence-electron chi connectivity index (χ4n) is 2.55. The Hall–Kier alpha value is -1.14. The smallest absolute Gasteiger partial charge is 0.322 e. The van der Waals surface area contributed by atoms with Gasteiger partial charge in [-0.1, -0.05) is 6.42 Å². The molecule has 1 saturated heterocycles. The summed E-state index contributed by atoms with van der Waals surface area (Å²) in [6, 6.07) is -0.399. The van der Waals surface area contributed by atoms with Gasteiger partial charge in [0.05, 0.1) is 6.61 Å². The lowest BCUT2D eigenvalue weighted by Gasteiger charge is -2.27. The zero-order chi connectivity index (χ0) is 11.6. The van der Waals surface area contributed by atoms with Gasteiger partial charge < -0.3 is 14.8 Å². The molecule has 16 heavy (non-hydrogen) atoms. The zero-order valence-electron chi connectivity index (χ0n) is 9.25. The molecule has 0 aromatic carbocycles. The molecule has 1 heterocycles. The summed E-state index contributed by atoms with van der Waals surface area (Å²) < 4.78 is 10.1. The third-order valence-corrected chi connectivity index (χ3v) is 3.31. The van der Waals surface area contributed by atoms with Crippen LogP contribution in [0.3, 0.4) is 0 Å². The predicted molar refractivity (Wildman–Crippen MR) is 54.6 cm³/mol. The van der Waals surface area contributed by atoms with Gasteiger partial charge in [-0.15, -0.1) is 0 Å². The Bertz CT molecular complexity index is 307. The summed E-state index contributed by atoms with van der Waals surface area (Å²) in [6.45, 7) is 0.643. The molecule has 2 aliphatic rings. The third-order valence-electron chi connectivity index (χ3n) is 3.31. The van der Waals surface area contributed by atoms with Gasteiger partial charge in [0.2, 0.25) is 0 Å². The molecule has 0 aromatic rings. The molecule has 2 atom stereocenters. The summed E-state index contributed by atoms with van der Waals surface area (Å²) in [4.78, 5) is 23.0. The van der Waals surface area contributed by atoms with Crippen LogP contribution in [0.4, 0.5) is 4.79 Å². The molecule has 2 rings (SSSR count). The monoisotopic (exact) mass is 228 g/mol. The normalized spacial score (nSPS) is 33.2. The van der Waals surface area contributed by atoms with Crippen molar-refractivity contribution in [2.24, 2.45) is 5.92 Å². The number of urea groups is 1. The molecular weight excluding hydrogens is 212 g/mol. The van der Waals surface area contributed by atoms with E-state index in [1.54, 1.807) is 7.11 Å². The Kier molecular flexibility index (Phi) is 3.11. The fourth-order valence-corrected chi connectivity index (χ4v) is 2.55. The van der Waals surface area contributed by atoms with E-state index in [9.17, 15) is 9.59 Å². The van der Waals surface area contributed by atoms with Gasteiger partial charge in [-0.2, -0.15) is 0 Å². The minimum atomic E-state index is -0.745. The highest BCUT2D eigenvalue weighted by Gasteiger charge is 2.54. The van der Waals surface area contributed by atoms with Gasteiger partial charge in [0.15, 0.2) is 0 Å². The average molecular weight is 228 g/mol. The number of carbonyl (C=O) groups is 2. The summed E-state index contributed by atoms with van der Waals surface area (Å²) in [5.74, 6) is -0.185. The molecule has 3 amide bonds. The first kappa shape index (κ1) is 11.3. The van der Waals surface area contributed by atoms with Crippen LogP contribution in [0.1, 0.15) is 19.3 Å². The first-order valence-corrected chi connectivity index (χ1v) is 5.39. The average Bonchev–Trinajstić information content (AvgIpc) is 2.74.